The zero-order valence-corrected chi connectivity index (χ0v) is 12.6. The second-order valence-corrected chi connectivity index (χ2v) is 5.27. The number of amides is 1. The molecule has 1 aromatic carbocycles. The van der Waals surface area contributed by atoms with Crippen LogP contribution >= 0.6 is 11.8 Å². The van der Waals surface area contributed by atoms with Crippen LogP contribution in [-0.4, -0.2) is 23.5 Å². The zero-order valence-electron chi connectivity index (χ0n) is 11.8. The van der Waals surface area contributed by atoms with Crippen molar-refractivity contribution in [2.24, 2.45) is 10.9 Å². The minimum absolute atomic E-state index is 0.114. The number of hydrogen-bond donors (Lipinski definition) is 1. The molecule has 0 saturated heterocycles. The maximum atomic E-state index is 11.3. The van der Waals surface area contributed by atoms with E-state index in [1.165, 1.54) is 0 Å². The monoisotopic (exact) mass is 294 g/mol. The van der Waals surface area contributed by atoms with E-state index in [0.29, 0.717) is 11.6 Å². The van der Waals surface area contributed by atoms with Crippen molar-refractivity contribution in [2.45, 2.75) is 20.8 Å². The van der Waals surface area contributed by atoms with E-state index >= 15 is 0 Å². The van der Waals surface area contributed by atoms with E-state index in [-0.39, 0.29) is 17.8 Å². The van der Waals surface area contributed by atoms with Crippen molar-refractivity contribution in [1.82, 2.24) is 0 Å². The largest absolute Gasteiger partial charge is 0.454 e. The first kappa shape index (κ1) is 16.2. The van der Waals surface area contributed by atoms with E-state index < -0.39 is 0 Å². The molecule has 20 heavy (non-hydrogen) atoms. The fourth-order valence-electron chi connectivity index (χ4n) is 1.29. The quantitative estimate of drug-likeness (QED) is 0.297. The standard InChI is InChI=1S/C14H18N2O3S/c1-10(2)13(18)19-9-20-14(15-8-17)16-12-7-5-4-6-11(12)3/h4-8,10H,9H2,1-3H3,(H,15,16,17). The first-order valence-corrected chi connectivity index (χ1v) is 7.16. The van der Waals surface area contributed by atoms with Gasteiger partial charge in [0, 0.05) is 5.69 Å². The van der Waals surface area contributed by atoms with Gasteiger partial charge >= 0.3 is 5.97 Å². The van der Waals surface area contributed by atoms with E-state index in [1.54, 1.807) is 13.8 Å². The fourth-order valence-corrected chi connectivity index (χ4v) is 1.88. The average molecular weight is 294 g/mol. The van der Waals surface area contributed by atoms with Gasteiger partial charge < -0.3 is 10.1 Å². The molecule has 1 rings (SSSR count). The summed E-state index contributed by atoms with van der Waals surface area (Å²) in [7, 11) is 0. The Labute approximate surface area is 122 Å². The highest BCUT2D eigenvalue weighted by Gasteiger charge is 2.09. The molecule has 108 valence electrons. The SMILES string of the molecule is Cc1ccccc1N/C(=N\C=O)SCOC(=O)C(C)C. The van der Waals surface area contributed by atoms with E-state index in [2.05, 4.69) is 10.3 Å². The van der Waals surface area contributed by atoms with Gasteiger partial charge in [0.15, 0.2) is 5.17 Å². The normalized spacial score (nSPS) is 11.3. The Bertz CT molecular complexity index is 501. The smallest absolute Gasteiger partial charge is 0.309 e. The molecular weight excluding hydrogens is 276 g/mol. The van der Waals surface area contributed by atoms with E-state index in [9.17, 15) is 9.59 Å². The predicted octanol–water partition coefficient (Wildman–Crippen LogP) is 2.81. The predicted molar refractivity (Wildman–Crippen MR) is 81.7 cm³/mol. The van der Waals surface area contributed by atoms with Crippen LogP contribution in [0.25, 0.3) is 0 Å². The lowest BCUT2D eigenvalue weighted by atomic mass is 10.2. The molecule has 0 spiro atoms. The van der Waals surface area contributed by atoms with Gasteiger partial charge in [-0.25, -0.2) is 0 Å². The molecule has 0 aliphatic carbocycles. The molecule has 1 N–H and O–H groups in total. The van der Waals surface area contributed by atoms with Crippen LogP contribution in [0.15, 0.2) is 29.3 Å². The summed E-state index contributed by atoms with van der Waals surface area (Å²) < 4.78 is 5.04. The lowest BCUT2D eigenvalue weighted by molar-refractivity contribution is -0.144. The lowest BCUT2D eigenvalue weighted by Gasteiger charge is -2.11. The molecule has 0 atom stereocenters. The average Bonchev–Trinajstić information content (AvgIpc) is 2.41. The van der Waals surface area contributed by atoms with Crippen molar-refractivity contribution in [1.29, 1.82) is 0 Å². The van der Waals surface area contributed by atoms with Gasteiger partial charge in [-0.15, -0.1) is 0 Å². The van der Waals surface area contributed by atoms with Crippen molar-refractivity contribution in [3.05, 3.63) is 29.8 Å². The van der Waals surface area contributed by atoms with Crippen LogP contribution < -0.4 is 5.32 Å². The molecule has 0 bridgehead atoms. The Morgan fingerprint density at radius 2 is 2.15 bits per heavy atom. The molecule has 0 aromatic heterocycles. The summed E-state index contributed by atoms with van der Waals surface area (Å²) in [5.74, 6) is -0.340. The van der Waals surface area contributed by atoms with E-state index in [1.807, 2.05) is 31.2 Å². The number of carbonyl (C=O) groups is 2. The summed E-state index contributed by atoms with van der Waals surface area (Å²) >= 11 is 1.16. The molecule has 5 nitrogen and oxygen atoms in total. The maximum absolute atomic E-state index is 11.3. The summed E-state index contributed by atoms with van der Waals surface area (Å²) in [4.78, 5) is 25.6. The van der Waals surface area contributed by atoms with Crippen LogP contribution in [0.2, 0.25) is 0 Å². The van der Waals surface area contributed by atoms with Crippen molar-refractivity contribution >= 4 is 35.0 Å². The fraction of sp³-hybridized carbons (Fsp3) is 0.357. The minimum atomic E-state index is -0.279. The number of thioether (sulfide) groups is 1. The number of anilines is 1. The van der Waals surface area contributed by atoms with Gasteiger partial charge in [0.25, 0.3) is 0 Å². The number of esters is 1. The molecular formula is C14H18N2O3S. The van der Waals surface area contributed by atoms with Gasteiger partial charge in [-0.05, 0) is 30.3 Å². The molecule has 0 unspecified atom stereocenters. The van der Waals surface area contributed by atoms with Crippen LogP contribution in [0.1, 0.15) is 19.4 Å². The van der Waals surface area contributed by atoms with Crippen molar-refractivity contribution in [3.63, 3.8) is 0 Å². The van der Waals surface area contributed by atoms with E-state index in [0.717, 1.165) is 23.0 Å². The summed E-state index contributed by atoms with van der Waals surface area (Å²) in [6, 6.07) is 7.65. The first-order chi connectivity index (χ1) is 9.54. The van der Waals surface area contributed by atoms with Crippen LogP contribution in [0.5, 0.6) is 0 Å². The van der Waals surface area contributed by atoms with Gasteiger partial charge in [0.1, 0.15) is 5.94 Å². The number of aryl methyl sites for hydroxylation is 1. The molecule has 1 amide bonds. The number of hydrogen-bond acceptors (Lipinski definition) is 4. The van der Waals surface area contributed by atoms with Gasteiger partial charge in [-0.2, -0.15) is 4.99 Å². The number of rotatable bonds is 5. The van der Waals surface area contributed by atoms with Crippen LogP contribution in [-0.2, 0) is 14.3 Å². The van der Waals surface area contributed by atoms with E-state index in [4.69, 9.17) is 4.74 Å². The van der Waals surface area contributed by atoms with Gasteiger partial charge in [-0.3, -0.25) is 9.59 Å². The number of nitrogens with one attached hydrogen (secondary N) is 1. The Morgan fingerprint density at radius 3 is 2.75 bits per heavy atom. The first-order valence-electron chi connectivity index (χ1n) is 6.18. The number of para-hydroxylation sites is 1. The summed E-state index contributed by atoms with van der Waals surface area (Å²) in [5, 5.41) is 3.44. The highest BCUT2D eigenvalue weighted by molar-refractivity contribution is 8.14. The molecule has 0 aliphatic heterocycles. The second-order valence-electron chi connectivity index (χ2n) is 4.36. The summed E-state index contributed by atoms with van der Waals surface area (Å²) in [6.07, 6.45) is 0.456. The molecule has 1 aromatic rings. The summed E-state index contributed by atoms with van der Waals surface area (Å²) in [6.45, 7) is 5.47. The topological polar surface area (TPSA) is 67.8 Å². The van der Waals surface area contributed by atoms with Crippen molar-refractivity contribution in [3.8, 4) is 0 Å². The molecule has 6 heteroatoms. The molecule has 0 heterocycles. The Kier molecular flexibility index (Phi) is 6.79. The minimum Gasteiger partial charge on any atom is -0.454 e. The molecule has 0 saturated carbocycles. The highest BCUT2D eigenvalue weighted by atomic mass is 32.2. The Hall–Kier alpha value is -1.82. The number of aliphatic imine (C=N–C) groups is 1. The number of amidine groups is 1. The number of ether oxygens (including phenoxy) is 1. The van der Waals surface area contributed by atoms with Gasteiger partial charge in [0.05, 0.1) is 5.92 Å². The molecule has 0 fully saturated rings. The number of carbonyl (C=O) groups excluding carboxylic acids is 2. The van der Waals surface area contributed by atoms with Gasteiger partial charge in [0.2, 0.25) is 6.41 Å². The van der Waals surface area contributed by atoms with Crippen LogP contribution in [0.4, 0.5) is 5.69 Å². The molecule has 0 aliphatic rings. The second kappa shape index (κ2) is 8.37. The highest BCUT2D eigenvalue weighted by Crippen LogP contribution is 2.16. The number of benzene rings is 1. The number of nitrogens with zero attached hydrogens (tertiary/aromatic N) is 1. The maximum Gasteiger partial charge on any atom is 0.309 e. The van der Waals surface area contributed by atoms with Crippen molar-refractivity contribution < 1.29 is 14.3 Å². The third-order valence-electron chi connectivity index (χ3n) is 2.42. The Morgan fingerprint density at radius 1 is 1.45 bits per heavy atom. The van der Waals surface area contributed by atoms with Gasteiger partial charge in [-0.1, -0.05) is 32.0 Å². The van der Waals surface area contributed by atoms with Crippen LogP contribution in [0, 0.1) is 12.8 Å². The third-order valence-corrected chi connectivity index (χ3v) is 3.14. The zero-order chi connectivity index (χ0) is 15.0. The summed E-state index contributed by atoms with van der Waals surface area (Å²) in [5.41, 5.74) is 1.89. The van der Waals surface area contributed by atoms with Crippen LogP contribution in [0.3, 0.4) is 0 Å². The van der Waals surface area contributed by atoms with Crippen molar-refractivity contribution in [2.75, 3.05) is 11.3 Å². The molecule has 0 radical (unpaired) electrons. The Balaban J connectivity index is 2.58. The lowest BCUT2D eigenvalue weighted by Crippen LogP contribution is -2.15. The third kappa shape index (κ3) is 5.44.